The van der Waals surface area contributed by atoms with Gasteiger partial charge in [-0.25, -0.2) is 0 Å². The third kappa shape index (κ3) is 4.12. The van der Waals surface area contributed by atoms with E-state index in [2.05, 4.69) is 38.0 Å². The molecule has 0 unspecified atom stereocenters. The highest BCUT2D eigenvalue weighted by Gasteiger charge is 2.27. The fourth-order valence-corrected chi connectivity index (χ4v) is 2.49. The molecule has 90 valence electrons. The first-order chi connectivity index (χ1) is 7.15. The summed E-state index contributed by atoms with van der Waals surface area (Å²) < 4.78 is 0. The zero-order chi connectivity index (χ0) is 11.3. The number of rotatable bonds is 5. The highest BCUT2D eigenvalue weighted by molar-refractivity contribution is 4.85. The number of piperidine rings is 1. The van der Waals surface area contributed by atoms with Gasteiger partial charge >= 0.3 is 0 Å². The second-order valence-corrected chi connectivity index (χ2v) is 5.27. The van der Waals surface area contributed by atoms with Crippen molar-refractivity contribution in [2.24, 2.45) is 5.92 Å². The topological polar surface area (TPSA) is 15.3 Å². The average Bonchev–Trinajstić information content (AvgIpc) is 2.20. The summed E-state index contributed by atoms with van der Waals surface area (Å²) in [7, 11) is 2.24. The minimum Gasteiger partial charge on any atom is -0.314 e. The zero-order valence-corrected chi connectivity index (χ0v) is 10.9. The fourth-order valence-electron chi connectivity index (χ4n) is 2.49. The van der Waals surface area contributed by atoms with Crippen LogP contribution in [-0.2, 0) is 0 Å². The van der Waals surface area contributed by atoms with E-state index in [-0.39, 0.29) is 0 Å². The predicted molar refractivity (Wildman–Crippen MR) is 67.2 cm³/mol. The van der Waals surface area contributed by atoms with Crippen LogP contribution in [-0.4, -0.2) is 37.1 Å². The maximum Gasteiger partial charge on any atom is 0.0120 e. The Morgan fingerprint density at radius 2 is 2.00 bits per heavy atom. The van der Waals surface area contributed by atoms with E-state index in [0.717, 1.165) is 18.0 Å². The summed E-state index contributed by atoms with van der Waals surface area (Å²) in [4.78, 5) is 2.48. The quantitative estimate of drug-likeness (QED) is 0.704. The highest BCUT2D eigenvalue weighted by Crippen LogP contribution is 2.20. The summed E-state index contributed by atoms with van der Waals surface area (Å²) >= 11 is 0. The molecule has 0 aromatic rings. The molecule has 0 spiro atoms. The van der Waals surface area contributed by atoms with Gasteiger partial charge in [0.2, 0.25) is 0 Å². The maximum atomic E-state index is 3.73. The summed E-state index contributed by atoms with van der Waals surface area (Å²) in [6.45, 7) is 9.43. The molecule has 1 N–H and O–H groups in total. The van der Waals surface area contributed by atoms with Crippen LogP contribution in [0.4, 0.5) is 0 Å². The average molecular weight is 212 g/mol. The standard InChI is InChI=1S/C13H28N2/c1-5-6-7-8-14-13-9-12(3)15(4)10-11(13)2/h11-14H,5-10H2,1-4H3/t11-,12-,13+/m0/s1. The molecule has 0 aromatic carbocycles. The van der Waals surface area contributed by atoms with Crippen molar-refractivity contribution in [3.63, 3.8) is 0 Å². The molecule has 0 saturated carbocycles. The van der Waals surface area contributed by atoms with Crippen molar-refractivity contribution >= 4 is 0 Å². The second kappa shape index (κ2) is 6.49. The van der Waals surface area contributed by atoms with Gasteiger partial charge in [-0.1, -0.05) is 26.7 Å². The largest absolute Gasteiger partial charge is 0.314 e. The molecule has 1 heterocycles. The van der Waals surface area contributed by atoms with Crippen molar-refractivity contribution in [1.29, 1.82) is 0 Å². The Balaban J connectivity index is 2.22. The van der Waals surface area contributed by atoms with Crippen LogP contribution >= 0.6 is 0 Å². The Hall–Kier alpha value is -0.0800. The molecule has 0 aromatic heterocycles. The van der Waals surface area contributed by atoms with Crippen LogP contribution in [0.3, 0.4) is 0 Å². The molecular weight excluding hydrogens is 184 g/mol. The van der Waals surface area contributed by atoms with E-state index in [1.54, 1.807) is 0 Å². The van der Waals surface area contributed by atoms with Crippen LogP contribution in [0.15, 0.2) is 0 Å². The van der Waals surface area contributed by atoms with Gasteiger partial charge in [0, 0.05) is 18.6 Å². The lowest BCUT2D eigenvalue weighted by atomic mass is 9.90. The molecule has 1 aliphatic rings. The zero-order valence-electron chi connectivity index (χ0n) is 10.9. The Kier molecular flexibility index (Phi) is 5.62. The number of nitrogens with zero attached hydrogens (tertiary/aromatic N) is 1. The van der Waals surface area contributed by atoms with Crippen molar-refractivity contribution in [3.8, 4) is 0 Å². The highest BCUT2D eigenvalue weighted by atomic mass is 15.2. The lowest BCUT2D eigenvalue weighted by molar-refractivity contribution is 0.122. The normalized spacial score (nSPS) is 33.2. The van der Waals surface area contributed by atoms with E-state index in [0.29, 0.717) is 0 Å². The first-order valence-corrected chi connectivity index (χ1v) is 6.58. The number of unbranched alkanes of at least 4 members (excludes halogenated alkanes) is 2. The van der Waals surface area contributed by atoms with Gasteiger partial charge < -0.3 is 10.2 Å². The molecule has 0 aliphatic carbocycles. The summed E-state index contributed by atoms with van der Waals surface area (Å²) in [5.74, 6) is 0.799. The van der Waals surface area contributed by atoms with Crippen molar-refractivity contribution in [1.82, 2.24) is 10.2 Å². The van der Waals surface area contributed by atoms with Gasteiger partial charge in [-0.05, 0) is 39.3 Å². The molecule has 15 heavy (non-hydrogen) atoms. The third-order valence-corrected chi connectivity index (χ3v) is 3.80. The van der Waals surface area contributed by atoms with Gasteiger partial charge in [0.1, 0.15) is 0 Å². The van der Waals surface area contributed by atoms with Crippen molar-refractivity contribution in [2.45, 2.75) is 58.5 Å². The molecule has 2 nitrogen and oxygen atoms in total. The van der Waals surface area contributed by atoms with E-state index in [4.69, 9.17) is 0 Å². The molecule has 2 heteroatoms. The SMILES string of the molecule is CCCCCN[C@@H]1C[C@H](C)N(C)C[C@@H]1C. The van der Waals surface area contributed by atoms with Gasteiger partial charge in [-0.2, -0.15) is 0 Å². The van der Waals surface area contributed by atoms with Gasteiger partial charge in [-0.15, -0.1) is 0 Å². The third-order valence-electron chi connectivity index (χ3n) is 3.80. The van der Waals surface area contributed by atoms with Crippen molar-refractivity contribution in [2.75, 3.05) is 20.1 Å². The molecule has 1 rings (SSSR count). The number of likely N-dealkylation sites (tertiary alicyclic amines) is 1. The minimum atomic E-state index is 0.741. The van der Waals surface area contributed by atoms with Crippen LogP contribution in [0.1, 0.15) is 46.5 Å². The molecule has 1 fully saturated rings. The van der Waals surface area contributed by atoms with Crippen LogP contribution in [0.2, 0.25) is 0 Å². The smallest absolute Gasteiger partial charge is 0.0120 e. The lowest BCUT2D eigenvalue weighted by Crippen LogP contribution is -2.51. The van der Waals surface area contributed by atoms with E-state index >= 15 is 0 Å². The maximum absolute atomic E-state index is 3.73. The van der Waals surface area contributed by atoms with Crippen molar-refractivity contribution in [3.05, 3.63) is 0 Å². The van der Waals surface area contributed by atoms with Gasteiger partial charge in [0.15, 0.2) is 0 Å². The Morgan fingerprint density at radius 3 is 2.67 bits per heavy atom. The minimum absolute atomic E-state index is 0.741. The lowest BCUT2D eigenvalue weighted by Gasteiger charge is -2.40. The predicted octanol–water partition coefficient (Wildman–Crippen LogP) is 2.49. The molecule has 1 saturated heterocycles. The summed E-state index contributed by atoms with van der Waals surface area (Å²) in [5, 5.41) is 3.73. The second-order valence-electron chi connectivity index (χ2n) is 5.27. The first-order valence-electron chi connectivity index (χ1n) is 6.58. The number of nitrogens with one attached hydrogen (secondary N) is 1. The number of hydrogen-bond acceptors (Lipinski definition) is 2. The van der Waals surface area contributed by atoms with Crippen molar-refractivity contribution < 1.29 is 0 Å². The molecule has 0 bridgehead atoms. The van der Waals surface area contributed by atoms with E-state index < -0.39 is 0 Å². The molecule has 0 amide bonds. The molecule has 0 radical (unpaired) electrons. The van der Waals surface area contributed by atoms with Crippen LogP contribution in [0.5, 0.6) is 0 Å². The van der Waals surface area contributed by atoms with Gasteiger partial charge in [0.05, 0.1) is 0 Å². The molecule has 1 aliphatic heterocycles. The Bertz CT molecular complexity index is 170. The van der Waals surface area contributed by atoms with E-state index in [1.807, 2.05) is 0 Å². The van der Waals surface area contributed by atoms with Gasteiger partial charge in [-0.3, -0.25) is 0 Å². The first kappa shape index (κ1) is 13.0. The van der Waals surface area contributed by atoms with Gasteiger partial charge in [0.25, 0.3) is 0 Å². The van der Waals surface area contributed by atoms with Crippen LogP contribution in [0, 0.1) is 5.92 Å². The fraction of sp³-hybridized carbons (Fsp3) is 1.00. The van der Waals surface area contributed by atoms with E-state index in [9.17, 15) is 0 Å². The Labute approximate surface area is 95.4 Å². The summed E-state index contributed by atoms with van der Waals surface area (Å²) in [6.07, 6.45) is 5.33. The number of hydrogen-bond donors (Lipinski definition) is 1. The monoisotopic (exact) mass is 212 g/mol. The summed E-state index contributed by atoms with van der Waals surface area (Å²) in [5.41, 5.74) is 0. The molecule has 3 atom stereocenters. The van der Waals surface area contributed by atoms with E-state index in [1.165, 1.54) is 38.8 Å². The van der Waals surface area contributed by atoms with Crippen LogP contribution in [0.25, 0.3) is 0 Å². The van der Waals surface area contributed by atoms with Crippen LogP contribution < -0.4 is 5.32 Å². The molecular formula is C13H28N2. The summed E-state index contributed by atoms with van der Waals surface area (Å²) in [6, 6.07) is 1.48. The Morgan fingerprint density at radius 1 is 1.27 bits per heavy atom.